The van der Waals surface area contributed by atoms with Gasteiger partial charge in [-0.05, 0) is 38.4 Å². The molecule has 0 aliphatic heterocycles. The quantitative estimate of drug-likeness (QED) is 0.894. The lowest BCUT2D eigenvalue weighted by Gasteiger charge is -2.34. The number of nitrogens with zero attached hydrogens (tertiary/aromatic N) is 2. The zero-order valence-corrected chi connectivity index (χ0v) is 12.7. The normalized spacial score (nSPS) is 16.6. The van der Waals surface area contributed by atoms with E-state index in [1.165, 1.54) is 32.1 Å². The Balaban J connectivity index is 2.19. The van der Waals surface area contributed by atoms with Crippen LogP contribution in [-0.2, 0) is 6.54 Å². The maximum atomic E-state index is 6.19. The first-order chi connectivity index (χ1) is 9.26. The Kier molecular flexibility index (Phi) is 5.46. The predicted octanol–water partition coefficient (Wildman–Crippen LogP) is 3.61. The zero-order valence-electron chi connectivity index (χ0n) is 12.0. The van der Waals surface area contributed by atoms with E-state index >= 15 is 0 Å². The molecule has 0 saturated heterocycles. The van der Waals surface area contributed by atoms with Crippen LogP contribution in [0.3, 0.4) is 0 Å². The monoisotopic (exact) mass is 281 g/mol. The summed E-state index contributed by atoms with van der Waals surface area (Å²) in [6.45, 7) is 4.01. The molecule has 1 N–H and O–H groups in total. The average molecular weight is 282 g/mol. The molecule has 3 nitrogen and oxygen atoms in total. The number of nitrogens with one attached hydrogen (secondary N) is 1. The third kappa shape index (κ3) is 3.61. The van der Waals surface area contributed by atoms with E-state index in [4.69, 9.17) is 11.6 Å². The van der Waals surface area contributed by atoms with Gasteiger partial charge in [0.2, 0.25) is 0 Å². The summed E-state index contributed by atoms with van der Waals surface area (Å²) in [5.41, 5.74) is 1.13. The maximum Gasteiger partial charge on any atom is 0.129 e. The molecule has 1 heterocycles. The van der Waals surface area contributed by atoms with Crippen molar-refractivity contribution < 1.29 is 0 Å². The smallest absolute Gasteiger partial charge is 0.129 e. The maximum absolute atomic E-state index is 6.19. The summed E-state index contributed by atoms with van der Waals surface area (Å²) >= 11 is 6.19. The lowest BCUT2D eigenvalue weighted by Crippen LogP contribution is -2.37. The topological polar surface area (TPSA) is 28.2 Å². The Morgan fingerprint density at radius 2 is 2.11 bits per heavy atom. The predicted molar refractivity (Wildman–Crippen MR) is 81.9 cm³/mol. The molecule has 1 saturated carbocycles. The summed E-state index contributed by atoms with van der Waals surface area (Å²) < 4.78 is 0. The molecule has 106 valence electrons. The second-order valence-corrected chi connectivity index (χ2v) is 5.65. The molecule has 0 aromatic carbocycles. The van der Waals surface area contributed by atoms with Crippen LogP contribution in [0.15, 0.2) is 12.3 Å². The van der Waals surface area contributed by atoms with Crippen molar-refractivity contribution in [2.45, 2.75) is 51.6 Å². The fraction of sp³-hybridized carbons (Fsp3) is 0.667. The summed E-state index contributed by atoms with van der Waals surface area (Å²) in [5.74, 6) is 1.07. The van der Waals surface area contributed by atoms with Crippen LogP contribution in [-0.4, -0.2) is 24.6 Å². The van der Waals surface area contributed by atoms with Crippen molar-refractivity contribution in [3.8, 4) is 0 Å². The van der Waals surface area contributed by atoms with Crippen molar-refractivity contribution in [3.63, 3.8) is 0 Å². The van der Waals surface area contributed by atoms with Gasteiger partial charge in [0.25, 0.3) is 0 Å². The molecule has 0 spiro atoms. The molecule has 1 fully saturated rings. The van der Waals surface area contributed by atoms with Gasteiger partial charge in [-0.1, -0.05) is 30.9 Å². The molecule has 19 heavy (non-hydrogen) atoms. The van der Waals surface area contributed by atoms with Crippen LogP contribution in [0.1, 0.15) is 44.6 Å². The number of anilines is 1. The first kappa shape index (κ1) is 14.6. The summed E-state index contributed by atoms with van der Waals surface area (Å²) in [6.07, 6.45) is 8.44. The molecule has 1 aromatic heterocycles. The number of rotatable bonds is 5. The molecule has 0 unspecified atom stereocenters. The van der Waals surface area contributed by atoms with Crippen LogP contribution in [0.5, 0.6) is 0 Å². The van der Waals surface area contributed by atoms with E-state index in [1.807, 2.05) is 7.05 Å². The van der Waals surface area contributed by atoms with Crippen molar-refractivity contribution in [2.75, 3.05) is 18.5 Å². The number of hydrogen-bond acceptors (Lipinski definition) is 3. The second kappa shape index (κ2) is 7.11. The highest BCUT2D eigenvalue weighted by atomic mass is 35.5. The van der Waals surface area contributed by atoms with Gasteiger partial charge >= 0.3 is 0 Å². The van der Waals surface area contributed by atoms with E-state index in [9.17, 15) is 0 Å². The van der Waals surface area contributed by atoms with Crippen LogP contribution >= 0.6 is 11.6 Å². The van der Waals surface area contributed by atoms with Crippen LogP contribution in [0.4, 0.5) is 5.82 Å². The number of aromatic nitrogens is 1. The van der Waals surface area contributed by atoms with Gasteiger partial charge < -0.3 is 10.2 Å². The van der Waals surface area contributed by atoms with Gasteiger partial charge in [-0.2, -0.15) is 0 Å². The number of halogens is 1. The molecule has 0 atom stereocenters. The minimum Gasteiger partial charge on any atom is -0.354 e. The van der Waals surface area contributed by atoms with E-state index < -0.39 is 0 Å². The SMILES string of the molecule is CCN(c1cc(CNC)c(Cl)cn1)C1CCCCC1. The van der Waals surface area contributed by atoms with Crippen LogP contribution in [0.2, 0.25) is 5.02 Å². The zero-order chi connectivity index (χ0) is 13.7. The van der Waals surface area contributed by atoms with Gasteiger partial charge in [0.15, 0.2) is 0 Å². The van der Waals surface area contributed by atoms with Gasteiger partial charge in [-0.15, -0.1) is 0 Å². The van der Waals surface area contributed by atoms with Crippen LogP contribution < -0.4 is 10.2 Å². The van der Waals surface area contributed by atoms with E-state index in [2.05, 4.69) is 28.2 Å². The Hall–Kier alpha value is -0.800. The molecular weight excluding hydrogens is 258 g/mol. The Morgan fingerprint density at radius 3 is 2.74 bits per heavy atom. The highest BCUT2D eigenvalue weighted by Gasteiger charge is 2.21. The van der Waals surface area contributed by atoms with Crippen molar-refractivity contribution in [1.29, 1.82) is 0 Å². The van der Waals surface area contributed by atoms with Gasteiger partial charge in [0.1, 0.15) is 5.82 Å². The third-order valence-electron chi connectivity index (χ3n) is 3.94. The Morgan fingerprint density at radius 1 is 1.37 bits per heavy atom. The van der Waals surface area contributed by atoms with Gasteiger partial charge in [-0.25, -0.2) is 4.98 Å². The summed E-state index contributed by atoms with van der Waals surface area (Å²) in [4.78, 5) is 6.97. The van der Waals surface area contributed by atoms with E-state index in [0.29, 0.717) is 6.04 Å². The van der Waals surface area contributed by atoms with Crippen molar-refractivity contribution in [3.05, 3.63) is 22.8 Å². The summed E-state index contributed by atoms with van der Waals surface area (Å²) in [6, 6.07) is 2.78. The van der Waals surface area contributed by atoms with E-state index in [1.54, 1.807) is 6.20 Å². The summed E-state index contributed by atoms with van der Waals surface area (Å²) in [7, 11) is 1.94. The average Bonchev–Trinajstić information content (AvgIpc) is 2.44. The first-order valence-electron chi connectivity index (χ1n) is 7.32. The van der Waals surface area contributed by atoms with Crippen LogP contribution in [0.25, 0.3) is 0 Å². The minimum atomic E-state index is 0.648. The van der Waals surface area contributed by atoms with Crippen molar-refractivity contribution in [1.82, 2.24) is 10.3 Å². The lowest BCUT2D eigenvalue weighted by atomic mass is 9.94. The van der Waals surface area contributed by atoms with Gasteiger partial charge in [0, 0.05) is 25.3 Å². The van der Waals surface area contributed by atoms with E-state index in [0.717, 1.165) is 29.5 Å². The third-order valence-corrected chi connectivity index (χ3v) is 4.28. The fourth-order valence-electron chi connectivity index (χ4n) is 2.95. The molecule has 1 aromatic rings. The largest absolute Gasteiger partial charge is 0.354 e. The van der Waals surface area contributed by atoms with Crippen molar-refractivity contribution in [2.24, 2.45) is 0 Å². The molecule has 1 aliphatic rings. The first-order valence-corrected chi connectivity index (χ1v) is 7.69. The second-order valence-electron chi connectivity index (χ2n) is 5.24. The molecule has 4 heteroatoms. The molecule has 2 rings (SSSR count). The molecule has 0 radical (unpaired) electrons. The minimum absolute atomic E-state index is 0.648. The molecular formula is C15H24ClN3. The molecule has 1 aliphatic carbocycles. The Labute approximate surface area is 121 Å². The highest BCUT2D eigenvalue weighted by molar-refractivity contribution is 6.31. The Bertz CT molecular complexity index is 402. The van der Waals surface area contributed by atoms with Crippen molar-refractivity contribution >= 4 is 17.4 Å². The van der Waals surface area contributed by atoms with Gasteiger partial charge in [-0.3, -0.25) is 0 Å². The lowest BCUT2D eigenvalue weighted by molar-refractivity contribution is 0.416. The van der Waals surface area contributed by atoms with E-state index in [-0.39, 0.29) is 0 Å². The van der Waals surface area contributed by atoms with Crippen LogP contribution in [0, 0.1) is 0 Å². The standard InChI is InChI=1S/C15H24ClN3/c1-3-19(13-7-5-4-6-8-13)15-9-12(10-17-2)14(16)11-18-15/h9,11,13,17H,3-8,10H2,1-2H3. The summed E-state index contributed by atoms with van der Waals surface area (Å²) in [5, 5.41) is 3.91. The molecule has 0 amide bonds. The number of hydrogen-bond donors (Lipinski definition) is 1. The van der Waals surface area contributed by atoms with Gasteiger partial charge in [0.05, 0.1) is 5.02 Å². The fourth-order valence-corrected chi connectivity index (χ4v) is 3.12. The highest BCUT2D eigenvalue weighted by Crippen LogP contribution is 2.28. The molecule has 0 bridgehead atoms. The number of pyridine rings is 1.